The van der Waals surface area contributed by atoms with Crippen LogP contribution in [0.15, 0.2) is 84.9 Å². The number of amides is 1. The molecule has 2 aliphatic rings. The van der Waals surface area contributed by atoms with Gasteiger partial charge in [0.25, 0.3) is 0 Å². The molecule has 2 fully saturated rings. The van der Waals surface area contributed by atoms with Crippen molar-refractivity contribution in [2.24, 2.45) is 5.92 Å². The first-order valence-corrected chi connectivity index (χ1v) is 11.0. The van der Waals surface area contributed by atoms with Crippen molar-refractivity contribution in [2.75, 3.05) is 28.8 Å². The van der Waals surface area contributed by atoms with Crippen LogP contribution in [-0.4, -0.2) is 31.3 Å². The van der Waals surface area contributed by atoms with E-state index in [9.17, 15) is 4.79 Å². The molecule has 3 aromatic carbocycles. The zero-order chi connectivity index (χ0) is 22.2. The highest BCUT2D eigenvalue weighted by molar-refractivity contribution is 7.81. The van der Waals surface area contributed by atoms with Gasteiger partial charge in [-0.3, -0.25) is 9.69 Å². The summed E-state index contributed by atoms with van der Waals surface area (Å²) in [6.07, 6.45) is -0.295. The Balaban J connectivity index is 1.58. The van der Waals surface area contributed by atoms with Gasteiger partial charge in [0.05, 0.1) is 17.6 Å². The third-order valence-corrected chi connectivity index (χ3v) is 6.46. The number of benzene rings is 3. The summed E-state index contributed by atoms with van der Waals surface area (Å²) in [5.41, 5.74) is 10.6. The number of hydrogen-bond acceptors (Lipinski definition) is 5. The Morgan fingerprint density at radius 1 is 0.812 bits per heavy atom. The molecule has 3 aromatic rings. The van der Waals surface area contributed by atoms with E-state index < -0.39 is 0 Å². The molecule has 2 saturated heterocycles. The fraction of sp³-hybridized carbons (Fsp3) is 0.200. The van der Waals surface area contributed by atoms with E-state index in [0.29, 0.717) is 5.11 Å². The number of hydrogen-bond donors (Lipinski definition) is 2. The molecule has 0 bridgehead atoms. The van der Waals surface area contributed by atoms with Gasteiger partial charge in [-0.25, -0.2) is 10.9 Å². The molecule has 2 heterocycles. The van der Waals surface area contributed by atoms with Crippen molar-refractivity contribution in [2.45, 2.75) is 12.2 Å². The van der Waals surface area contributed by atoms with Crippen LogP contribution in [0, 0.1) is 5.92 Å². The number of nitrogens with zero attached hydrogens (tertiary/aromatic N) is 3. The Hall–Kier alpha value is -3.26. The normalized spacial score (nSPS) is 22.8. The standard InChI is InChI=1S/C25H25N5OS/c1-28(2)18-15-13-17(14-16-18)22-21-23(27-26-22)29(19-9-5-3-6-10-19)25(32)30(24(21)31)20-11-7-4-8-12-20/h3-16,21-23,26-27H,1-2H3. The number of para-hydroxylation sites is 2. The number of nitrogens with one attached hydrogen (secondary N) is 2. The maximum atomic E-state index is 13.9. The van der Waals surface area contributed by atoms with E-state index in [1.807, 2.05) is 79.7 Å². The van der Waals surface area contributed by atoms with Gasteiger partial charge >= 0.3 is 0 Å². The molecule has 1 amide bonds. The number of carbonyl (C=O) groups is 1. The van der Waals surface area contributed by atoms with E-state index in [4.69, 9.17) is 12.2 Å². The van der Waals surface area contributed by atoms with E-state index in [-0.39, 0.29) is 24.0 Å². The molecule has 162 valence electrons. The lowest BCUT2D eigenvalue weighted by atomic mass is 9.89. The molecule has 0 spiro atoms. The Labute approximate surface area is 193 Å². The quantitative estimate of drug-likeness (QED) is 0.600. The molecule has 2 aliphatic heterocycles. The minimum Gasteiger partial charge on any atom is -0.378 e. The zero-order valence-corrected chi connectivity index (χ0v) is 18.8. The summed E-state index contributed by atoms with van der Waals surface area (Å²) in [6.45, 7) is 0. The topological polar surface area (TPSA) is 50.9 Å². The average molecular weight is 444 g/mol. The van der Waals surface area contributed by atoms with Crippen molar-refractivity contribution in [3.8, 4) is 0 Å². The van der Waals surface area contributed by atoms with Crippen molar-refractivity contribution in [1.29, 1.82) is 0 Å². The van der Waals surface area contributed by atoms with Gasteiger partial charge < -0.3 is 9.80 Å². The van der Waals surface area contributed by atoms with Gasteiger partial charge in [0.15, 0.2) is 5.11 Å². The zero-order valence-electron chi connectivity index (χ0n) is 18.0. The van der Waals surface area contributed by atoms with Crippen LogP contribution in [0.5, 0.6) is 0 Å². The minimum atomic E-state index is -0.368. The summed E-state index contributed by atoms with van der Waals surface area (Å²) in [6, 6.07) is 27.7. The van der Waals surface area contributed by atoms with Crippen LogP contribution in [0.4, 0.5) is 17.1 Å². The van der Waals surface area contributed by atoms with Crippen molar-refractivity contribution < 1.29 is 4.79 Å². The van der Waals surface area contributed by atoms with Gasteiger partial charge in [0, 0.05) is 25.5 Å². The highest BCUT2D eigenvalue weighted by atomic mass is 32.1. The maximum absolute atomic E-state index is 13.9. The average Bonchev–Trinajstić information content (AvgIpc) is 3.26. The molecule has 3 unspecified atom stereocenters. The van der Waals surface area contributed by atoms with Gasteiger partial charge in [0.1, 0.15) is 6.17 Å². The van der Waals surface area contributed by atoms with E-state index in [1.54, 1.807) is 4.90 Å². The van der Waals surface area contributed by atoms with Gasteiger partial charge in [-0.2, -0.15) is 0 Å². The molecule has 7 heteroatoms. The summed E-state index contributed by atoms with van der Waals surface area (Å²) in [4.78, 5) is 19.6. The van der Waals surface area contributed by atoms with E-state index in [1.165, 1.54) is 0 Å². The Bertz CT molecular complexity index is 1120. The lowest BCUT2D eigenvalue weighted by Crippen LogP contribution is -2.64. The van der Waals surface area contributed by atoms with E-state index >= 15 is 0 Å². The third-order valence-electron chi connectivity index (χ3n) is 6.08. The van der Waals surface area contributed by atoms with Gasteiger partial charge in [0.2, 0.25) is 5.91 Å². The molecule has 32 heavy (non-hydrogen) atoms. The number of fused-ring (bicyclic) bond motifs is 1. The molecule has 0 saturated carbocycles. The summed E-state index contributed by atoms with van der Waals surface area (Å²) in [7, 11) is 4.03. The third kappa shape index (κ3) is 3.44. The summed E-state index contributed by atoms with van der Waals surface area (Å²) < 4.78 is 0. The number of rotatable bonds is 4. The lowest BCUT2D eigenvalue weighted by molar-refractivity contribution is -0.122. The van der Waals surface area contributed by atoms with Gasteiger partial charge in [-0.15, -0.1) is 0 Å². The van der Waals surface area contributed by atoms with Crippen LogP contribution in [0.3, 0.4) is 0 Å². The van der Waals surface area contributed by atoms with E-state index in [0.717, 1.165) is 22.6 Å². The van der Waals surface area contributed by atoms with Crippen LogP contribution in [0.25, 0.3) is 0 Å². The molecule has 0 radical (unpaired) electrons. The van der Waals surface area contributed by atoms with Crippen LogP contribution in [0.1, 0.15) is 11.6 Å². The van der Waals surface area contributed by atoms with Crippen LogP contribution < -0.4 is 25.6 Å². The molecule has 6 nitrogen and oxygen atoms in total. The van der Waals surface area contributed by atoms with Crippen molar-refractivity contribution in [3.63, 3.8) is 0 Å². The highest BCUT2D eigenvalue weighted by Crippen LogP contribution is 2.39. The van der Waals surface area contributed by atoms with Gasteiger partial charge in [-0.1, -0.05) is 48.5 Å². The molecule has 3 atom stereocenters. The maximum Gasteiger partial charge on any atom is 0.241 e. The van der Waals surface area contributed by atoms with Crippen molar-refractivity contribution in [1.82, 2.24) is 10.9 Å². The van der Waals surface area contributed by atoms with Gasteiger partial charge in [-0.05, 0) is 54.2 Å². The van der Waals surface area contributed by atoms with Crippen LogP contribution in [-0.2, 0) is 4.79 Å². The lowest BCUT2D eigenvalue weighted by Gasteiger charge is -2.44. The molecular weight excluding hydrogens is 418 g/mol. The summed E-state index contributed by atoms with van der Waals surface area (Å²) in [5.74, 6) is -0.384. The molecule has 0 aliphatic carbocycles. The minimum absolute atomic E-state index is 0.0161. The number of hydrazine groups is 1. The Kier molecular flexibility index (Phi) is 5.38. The summed E-state index contributed by atoms with van der Waals surface area (Å²) in [5, 5.41) is 0.464. The Morgan fingerprint density at radius 3 is 2.00 bits per heavy atom. The monoisotopic (exact) mass is 443 g/mol. The van der Waals surface area contributed by atoms with Crippen molar-refractivity contribution >= 4 is 40.3 Å². The SMILES string of the molecule is CN(C)c1ccc(C2NNC3C2C(=O)N(c2ccccc2)C(=S)N3c2ccccc2)cc1. The summed E-state index contributed by atoms with van der Waals surface area (Å²) >= 11 is 5.87. The fourth-order valence-corrected chi connectivity index (χ4v) is 4.87. The largest absolute Gasteiger partial charge is 0.378 e. The molecule has 2 N–H and O–H groups in total. The van der Waals surface area contributed by atoms with Crippen LogP contribution in [0.2, 0.25) is 0 Å². The predicted molar refractivity (Wildman–Crippen MR) is 133 cm³/mol. The fourth-order valence-electron chi connectivity index (χ4n) is 4.45. The number of carbonyl (C=O) groups excluding carboxylic acids is 1. The Morgan fingerprint density at radius 2 is 1.41 bits per heavy atom. The second-order valence-corrected chi connectivity index (χ2v) is 8.59. The number of anilines is 3. The first-order chi connectivity index (χ1) is 15.6. The van der Waals surface area contributed by atoms with E-state index in [2.05, 4.69) is 40.0 Å². The second kappa shape index (κ2) is 8.35. The highest BCUT2D eigenvalue weighted by Gasteiger charge is 2.52. The van der Waals surface area contributed by atoms with Crippen LogP contribution >= 0.6 is 12.2 Å². The first kappa shape index (κ1) is 20.6. The molecular formula is C25H25N5OS. The number of thiocarbonyl (C=S) groups is 1. The smallest absolute Gasteiger partial charge is 0.241 e. The van der Waals surface area contributed by atoms with Crippen molar-refractivity contribution in [3.05, 3.63) is 90.5 Å². The second-order valence-electron chi connectivity index (χ2n) is 8.22. The molecule has 5 rings (SSSR count). The molecule has 0 aromatic heterocycles. The first-order valence-electron chi connectivity index (χ1n) is 10.6. The predicted octanol–water partition coefficient (Wildman–Crippen LogP) is 3.68.